The number of benzene rings is 9. The molecule has 2 heteroatoms. The van der Waals surface area contributed by atoms with Crippen LogP contribution in [0, 0.1) is 0 Å². The Kier molecular flexibility index (Phi) is 2.97. The molecule has 0 atom stereocenters. The fraction of sp³-hybridized carbons (Fsp3) is 0. The second-order valence-corrected chi connectivity index (χ2v) is 11.0. The topological polar surface area (TPSA) is 12.5 Å². The number of anilines is 3. The van der Waals surface area contributed by atoms with Crippen LogP contribution < -0.4 is 9.64 Å². The third kappa shape index (κ3) is 5.71. The molecule has 0 N–H and O–H groups in total. The van der Waals surface area contributed by atoms with E-state index in [-0.39, 0.29) is 4.90 Å². The quantitative estimate of drug-likeness (QED) is 0.169. The number of rotatable bonds is 6. The number of hydrogen-bond donors (Lipinski definition) is 0. The van der Waals surface area contributed by atoms with E-state index in [4.69, 9.17) is 30.8 Å². The average Bonchev–Trinajstić information content (AvgIpc) is 1.70. The van der Waals surface area contributed by atoms with E-state index in [1.54, 1.807) is 0 Å². The van der Waals surface area contributed by atoms with Crippen LogP contribution in [0.2, 0.25) is 0 Å². The Balaban J connectivity index is 1.45. The standard InChI is InChI=1S/C52H35NO/c1-4-12-36(13-5-1)39-20-26-43(27-21-39)53(44-28-22-40(23-29-44)37-14-6-2-7-15-37)45-30-32-47-49-34-42(38-16-8-3-9-17-38)24-31-48(49)52-46-19-11-10-18-41(46)25-33-50(52)54-51(47)35-45/h1-35H/i1D,2D,3D,4D,5D,6D,7D,8D,9D,10D,11D,12D,13D,14D,15D,16D,17D,18D,19D,20D,21D,22D,23D,24D,25D,26D,27D,28D,29D,30D,31D,32D,33D,34D,35D. The Morgan fingerprint density at radius 1 is 0.333 bits per heavy atom. The molecule has 2 nitrogen and oxygen atoms in total. The largest absolute Gasteiger partial charge is 0.456 e. The molecule has 0 amide bonds. The summed E-state index contributed by atoms with van der Waals surface area (Å²) in [6, 6.07) is -39.0. The first kappa shape index (κ1) is 11.9. The van der Waals surface area contributed by atoms with Gasteiger partial charge in [-0.2, -0.15) is 0 Å². The van der Waals surface area contributed by atoms with Crippen LogP contribution in [0.25, 0.3) is 66.4 Å². The minimum absolute atomic E-state index is 0.231. The highest BCUT2D eigenvalue weighted by Gasteiger charge is 2.25. The molecule has 0 saturated carbocycles. The van der Waals surface area contributed by atoms with E-state index >= 15 is 0 Å². The van der Waals surface area contributed by atoms with Gasteiger partial charge in [0.2, 0.25) is 0 Å². The molecule has 0 saturated heterocycles. The van der Waals surface area contributed by atoms with Gasteiger partial charge in [-0.05, 0) is 104 Å². The molecule has 1 heterocycles. The molecule has 0 spiro atoms. The Bertz CT molecular complexity index is 4540. The Hall–Kier alpha value is -7.16. The van der Waals surface area contributed by atoms with Crippen LogP contribution in [0.5, 0.6) is 11.5 Å². The highest BCUT2D eigenvalue weighted by Crippen LogP contribution is 2.51. The molecule has 0 radical (unpaired) electrons. The van der Waals surface area contributed by atoms with E-state index in [1.807, 2.05) is 0 Å². The second kappa shape index (κ2) is 13.4. The summed E-state index contributed by atoms with van der Waals surface area (Å²) in [5.41, 5.74) is -13.0. The van der Waals surface area contributed by atoms with Gasteiger partial charge in [0.05, 0.1) is 48.0 Å². The van der Waals surface area contributed by atoms with Gasteiger partial charge in [-0.1, -0.05) is 157 Å². The minimum Gasteiger partial charge on any atom is -0.456 e. The Morgan fingerprint density at radius 2 is 0.815 bits per heavy atom. The van der Waals surface area contributed by atoms with Crippen molar-refractivity contribution < 1.29 is 52.7 Å². The van der Waals surface area contributed by atoms with Gasteiger partial charge in [-0.3, -0.25) is 0 Å². The van der Waals surface area contributed by atoms with Gasteiger partial charge in [0.25, 0.3) is 0 Å². The molecule has 10 rings (SSSR count). The van der Waals surface area contributed by atoms with Gasteiger partial charge >= 0.3 is 0 Å². The lowest BCUT2D eigenvalue weighted by molar-refractivity contribution is 0.488. The van der Waals surface area contributed by atoms with Crippen LogP contribution in [0.15, 0.2) is 211 Å². The lowest BCUT2D eigenvalue weighted by atomic mass is 9.89. The van der Waals surface area contributed by atoms with Gasteiger partial charge in [-0.15, -0.1) is 0 Å². The smallest absolute Gasteiger partial charge is 0.137 e. The molecule has 1 aliphatic heterocycles. The zero-order chi connectivity index (χ0) is 66.3. The first-order valence-electron chi connectivity index (χ1n) is 33.1. The molecule has 54 heavy (non-hydrogen) atoms. The van der Waals surface area contributed by atoms with Crippen molar-refractivity contribution in [3.63, 3.8) is 0 Å². The maximum Gasteiger partial charge on any atom is 0.137 e. The van der Waals surface area contributed by atoms with Crippen LogP contribution in [-0.2, 0) is 0 Å². The van der Waals surface area contributed by atoms with Crippen molar-refractivity contribution in [2.45, 2.75) is 0 Å². The zero-order valence-electron chi connectivity index (χ0n) is 61.9. The molecule has 254 valence electrons. The van der Waals surface area contributed by atoms with Crippen LogP contribution in [0.3, 0.4) is 0 Å². The van der Waals surface area contributed by atoms with E-state index in [0.29, 0.717) is 0 Å². The number of hydrogen-bond acceptors (Lipinski definition) is 2. The van der Waals surface area contributed by atoms with E-state index in [2.05, 4.69) is 0 Å². The molecule has 0 aromatic heterocycles. The molecular formula is C52H35NO. The van der Waals surface area contributed by atoms with Gasteiger partial charge in [0.15, 0.2) is 0 Å². The van der Waals surface area contributed by atoms with Crippen molar-refractivity contribution in [1.82, 2.24) is 0 Å². The molecule has 0 fully saturated rings. The Morgan fingerprint density at radius 3 is 1.43 bits per heavy atom. The fourth-order valence-electron chi connectivity index (χ4n) is 5.50. The third-order valence-corrected chi connectivity index (χ3v) is 7.89. The molecule has 0 unspecified atom stereocenters. The van der Waals surface area contributed by atoms with Crippen molar-refractivity contribution in [2.24, 2.45) is 0 Å². The molecule has 0 bridgehead atoms. The maximum absolute atomic E-state index is 10.2. The zero-order valence-corrected chi connectivity index (χ0v) is 26.9. The number of ether oxygens (including phenoxy) is 1. The van der Waals surface area contributed by atoms with Crippen LogP contribution >= 0.6 is 0 Å². The first-order chi connectivity index (χ1) is 41.4. The maximum atomic E-state index is 10.2. The summed E-state index contributed by atoms with van der Waals surface area (Å²) < 4.78 is 323. The highest BCUT2D eigenvalue weighted by molar-refractivity contribution is 6.05. The molecule has 1 aliphatic rings. The average molecular weight is 725 g/mol. The van der Waals surface area contributed by atoms with Crippen LogP contribution in [-0.4, -0.2) is 0 Å². The molecule has 0 aliphatic carbocycles. The van der Waals surface area contributed by atoms with Gasteiger partial charge in [0.1, 0.15) is 11.5 Å². The van der Waals surface area contributed by atoms with E-state index < -0.39 is 306 Å². The lowest BCUT2D eigenvalue weighted by Gasteiger charge is -2.27. The summed E-state index contributed by atoms with van der Waals surface area (Å²) in [5, 5.41) is -1.45. The molecular weight excluding hydrogens is 655 g/mol. The summed E-state index contributed by atoms with van der Waals surface area (Å²) in [6.07, 6.45) is 0. The van der Waals surface area contributed by atoms with E-state index in [0.717, 1.165) is 0 Å². The van der Waals surface area contributed by atoms with Gasteiger partial charge in [0, 0.05) is 34.2 Å². The van der Waals surface area contributed by atoms with Crippen molar-refractivity contribution >= 4 is 27.8 Å². The normalized spacial score (nSPS) is 20.6. The lowest BCUT2D eigenvalue weighted by Crippen LogP contribution is -2.10. The summed E-state index contributed by atoms with van der Waals surface area (Å²) in [6.45, 7) is 0. The van der Waals surface area contributed by atoms with Crippen LogP contribution in [0.1, 0.15) is 48.0 Å². The number of nitrogens with zero attached hydrogens (tertiary/aromatic N) is 1. The Labute approximate surface area is 365 Å². The van der Waals surface area contributed by atoms with Crippen LogP contribution in [0.4, 0.5) is 17.1 Å². The predicted octanol–water partition coefficient (Wildman–Crippen LogP) is 14.8. The van der Waals surface area contributed by atoms with Gasteiger partial charge in [-0.25, -0.2) is 0 Å². The fourth-order valence-corrected chi connectivity index (χ4v) is 5.50. The number of fused-ring (bicyclic) bond motifs is 7. The van der Waals surface area contributed by atoms with Crippen molar-refractivity contribution in [3.05, 3.63) is 211 Å². The first-order valence-corrected chi connectivity index (χ1v) is 15.6. The summed E-state index contributed by atoms with van der Waals surface area (Å²) in [7, 11) is 0. The van der Waals surface area contributed by atoms with E-state index in [9.17, 15) is 21.9 Å². The van der Waals surface area contributed by atoms with E-state index in [1.165, 1.54) is 0 Å². The SMILES string of the molecule is [2H]c1c([2H])c([2H])c(-c2c([2H])c([2H])c(N(c3c([2H])c([2H])c(-c4c([2H])c([2H])c([2H])c([2H])c4[2H])c([2H])c3[2H])c3c([2H])c([2H])c4c(c3[2H])Oc3c([2H])c([2H])c5c([2H])c([2H])c([2H])c([2H])c5c3-c3c([2H])c([2H])c(-c5c([2H])c([2H])c([2H])c([2H])c5[2H])c([2H])c3-4)c([2H])c2[2H])c([2H])c1[2H]. The van der Waals surface area contributed by atoms with Crippen molar-refractivity contribution in [3.8, 4) is 67.1 Å². The summed E-state index contributed by atoms with van der Waals surface area (Å²) >= 11 is 0. The highest BCUT2D eigenvalue weighted by atomic mass is 16.5. The monoisotopic (exact) mass is 724 g/mol. The van der Waals surface area contributed by atoms with Crippen molar-refractivity contribution in [2.75, 3.05) is 4.90 Å². The molecule has 9 aromatic rings. The second-order valence-electron chi connectivity index (χ2n) is 11.0. The molecule has 9 aromatic carbocycles. The van der Waals surface area contributed by atoms with Gasteiger partial charge < -0.3 is 9.64 Å². The summed E-state index contributed by atoms with van der Waals surface area (Å²) in [4.78, 5) is 0.231. The third-order valence-electron chi connectivity index (χ3n) is 7.89. The summed E-state index contributed by atoms with van der Waals surface area (Å²) in [5.74, 6) is -2.23. The predicted molar refractivity (Wildman–Crippen MR) is 226 cm³/mol. The minimum atomic E-state index is -1.41. The van der Waals surface area contributed by atoms with Crippen molar-refractivity contribution in [1.29, 1.82) is 0 Å².